The molecule has 3 aliphatic rings. The number of halogens is 2. The fourth-order valence-electron chi connectivity index (χ4n) is 4.94. The van der Waals surface area contributed by atoms with Gasteiger partial charge >= 0.3 is 0 Å². The lowest BCUT2D eigenvalue weighted by Crippen LogP contribution is -2.57. The molecular formula is C20H22F2N6O. The second kappa shape index (κ2) is 6.46. The third kappa shape index (κ3) is 3.25. The maximum Gasteiger partial charge on any atom is 0.260 e. The summed E-state index contributed by atoms with van der Waals surface area (Å²) in [6.45, 7) is 2.51. The highest BCUT2D eigenvalue weighted by Crippen LogP contribution is 2.49. The Morgan fingerprint density at radius 1 is 1.31 bits per heavy atom. The predicted molar refractivity (Wildman–Crippen MR) is 100 cm³/mol. The van der Waals surface area contributed by atoms with Gasteiger partial charge in [0.25, 0.3) is 5.92 Å². The molecule has 0 unspecified atom stereocenters. The van der Waals surface area contributed by atoms with Gasteiger partial charge in [0.15, 0.2) is 5.65 Å². The van der Waals surface area contributed by atoms with Gasteiger partial charge in [0.2, 0.25) is 11.9 Å². The zero-order chi connectivity index (χ0) is 20.2. The summed E-state index contributed by atoms with van der Waals surface area (Å²) in [5.74, 6) is -4.49. The number of amides is 1. The summed E-state index contributed by atoms with van der Waals surface area (Å²) < 4.78 is 27.9. The summed E-state index contributed by atoms with van der Waals surface area (Å²) in [4.78, 5) is 18.4. The highest BCUT2D eigenvalue weighted by atomic mass is 19.3. The summed E-state index contributed by atoms with van der Waals surface area (Å²) in [7, 11) is 0. The average molecular weight is 400 g/mol. The lowest BCUT2D eigenvalue weighted by atomic mass is 9.65. The lowest BCUT2D eigenvalue weighted by Gasteiger charge is -2.53. The van der Waals surface area contributed by atoms with Crippen molar-refractivity contribution in [2.24, 2.45) is 11.3 Å². The predicted octanol–water partition coefficient (Wildman–Crippen LogP) is 2.81. The van der Waals surface area contributed by atoms with E-state index >= 15 is 0 Å². The maximum atomic E-state index is 13.1. The molecule has 29 heavy (non-hydrogen) atoms. The number of alkyl halides is 2. The van der Waals surface area contributed by atoms with Crippen molar-refractivity contribution in [2.75, 3.05) is 25.0 Å². The van der Waals surface area contributed by atoms with Gasteiger partial charge in [-0.3, -0.25) is 15.0 Å². The highest BCUT2D eigenvalue weighted by molar-refractivity contribution is 5.94. The van der Waals surface area contributed by atoms with Gasteiger partial charge in [0.1, 0.15) is 5.92 Å². The Morgan fingerprint density at radius 2 is 2.03 bits per heavy atom. The first-order valence-corrected chi connectivity index (χ1v) is 10.0. The van der Waals surface area contributed by atoms with Crippen molar-refractivity contribution in [1.82, 2.24) is 19.5 Å². The molecule has 1 N–H and O–H groups in total. The number of fused-ring (bicyclic) bond motifs is 1. The van der Waals surface area contributed by atoms with Crippen LogP contribution in [0.4, 0.5) is 14.7 Å². The second-order valence-corrected chi connectivity index (χ2v) is 8.74. The van der Waals surface area contributed by atoms with E-state index in [0.717, 1.165) is 44.5 Å². The highest BCUT2D eigenvalue weighted by Gasteiger charge is 2.61. The van der Waals surface area contributed by atoms with Crippen LogP contribution in [0.25, 0.3) is 5.65 Å². The molecule has 2 aliphatic carbocycles. The quantitative estimate of drug-likeness (QED) is 0.798. The zero-order valence-corrected chi connectivity index (χ0v) is 15.9. The second-order valence-electron chi connectivity index (χ2n) is 8.74. The first-order chi connectivity index (χ1) is 13.9. The van der Waals surface area contributed by atoms with Crippen molar-refractivity contribution in [3.8, 4) is 6.07 Å². The van der Waals surface area contributed by atoms with E-state index in [4.69, 9.17) is 5.26 Å². The molecule has 5 rings (SSSR count). The number of pyridine rings is 1. The summed E-state index contributed by atoms with van der Waals surface area (Å²) in [5, 5.41) is 15.6. The molecule has 1 aliphatic heterocycles. The Balaban J connectivity index is 1.28. The van der Waals surface area contributed by atoms with E-state index in [0.29, 0.717) is 23.5 Å². The van der Waals surface area contributed by atoms with E-state index in [-0.39, 0.29) is 5.95 Å². The number of nitrogens with zero attached hydrogens (tertiary/aromatic N) is 5. The first kappa shape index (κ1) is 18.4. The third-order valence-electron chi connectivity index (χ3n) is 6.64. The van der Waals surface area contributed by atoms with Gasteiger partial charge in [0, 0.05) is 31.1 Å². The van der Waals surface area contributed by atoms with Crippen LogP contribution in [0.1, 0.15) is 43.7 Å². The van der Waals surface area contributed by atoms with E-state index < -0.39 is 24.2 Å². The minimum atomic E-state index is -2.91. The minimum Gasteiger partial charge on any atom is -0.293 e. The Morgan fingerprint density at radius 3 is 2.69 bits per heavy atom. The monoisotopic (exact) mass is 400 g/mol. The van der Waals surface area contributed by atoms with Crippen LogP contribution >= 0.6 is 0 Å². The van der Waals surface area contributed by atoms with E-state index in [9.17, 15) is 13.6 Å². The summed E-state index contributed by atoms with van der Waals surface area (Å²) in [6.07, 6.45) is 3.90. The van der Waals surface area contributed by atoms with Gasteiger partial charge in [0.05, 0.1) is 12.6 Å². The molecular weight excluding hydrogens is 378 g/mol. The molecule has 3 heterocycles. The van der Waals surface area contributed by atoms with Crippen molar-refractivity contribution in [1.29, 1.82) is 5.26 Å². The van der Waals surface area contributed by atoms with Crippen LogP contribution in [0, 0.1) is 22.7 Å². The van der Waals surface area contributed by atoms with Crippen molar-refractivity contribution in [2.45, 2.75) is 43.9 Å². The average Bonchev–Trinajstić information content (AvgIpc) is 3.12. The number of carbonyl (C=O) groups excluding carboxylic acids is 1. The van der Waals surface area contributed by atoms with Gasteiger partial charge in [-0.05, 0) is 43.2 Å². The fraction of sp³-hybridized carbons (Fsp3) is 0.600. The van der Waals surface area contributed by atoms with Crippen molar-refractivity contribution in [3.63, 3.8) is 0 Å². The van der Waals surface area contributed by atoms with Crippen LogP contribution in [-0.2, 0) is 4.79 Å². The van der Waals surface area contributed by atoms with Gasteiger partial charge in [-0.25, -0.2) is 13.3 Å². The molecule has 152 valence electrons. The fourth-order valence-corrected chi connectivity index (χ4v) is 4.94. The molecule has 2 aromatic heterocycles. The van der Waals surface area contributed by atoms with Crippen molar-refractivity contribution < 1.29 is 13.6 Å². The number of hydrogen-bond donors (Lipinski definition) is 1. The number of anilines is 1. The lowest BCUT2D eigenvalue weighted by molar-refractivity contribution is -0.119. The van der Waals surface area contributed by atoms with Crippen LogP contribution in [0.5, 0.6) is 0 Å². The number of aromatic nitrogens is 3. The largest absolute Gasteiger partial charge is 0.293 e. The molecule has 2 saturated carbocycles. The molecule has 1 amide bonds. The molecule has 1 spiro atoms. The maximum absolute atomic E-state index is 13.1. The van der Waals surface area contributed by atoms with E-state index in [1.807, 2.05) is 12.1 Å². The number of hydrogen-bond acceptors (Lipinski definition) is 5. The van der Waals surface area contributed by atoms with Crippen LogP contribution in [0.15, 0.2) is 18.2 Å². The molecule has 0 bridgehead atoms. The summed E-state index contributed by atoms with van der Waals surface area (Å²) in [5.41, 5.74) is 1.98. The smallest absolute Gasteiger partial charge is 0.260 e. The Bertz CT molecular complexity index is 996. The summed E-state index contributed by atoms with van der Waals surface area (Å²) >= 11 is 0. The van der Waals surface area contributed by atoms with E-state index in [1.165, 1.54) is 0 Å². The number of nitrogens with one attached hydrogen (secondary N) is 1. The third-order valence-corrected chi connectivity index (χ3v) is 6.64. The Labute approximate surface area is 166 Å². The Kier molecular flexibility index (Phi) is 4.10. The number of carbonyl (C=O) groups is 1. The molecule has 2 aromatic rings. The van der Waals surface area contributed by atoms with Crippen molar-refractivity contribution >= 4 is 17.5 Å². The normalized spacial score (nSPS) is 25.5. The molecule has 0 aromatic carbocycles. The molecule has 0 radical (unpaired) electrons. The SMILES string of the molecule is N#CCN1CC2(CCC(c3cccc4nc(NC(=O)[C@H]5CC5(F)F)nn34)CC2)C1. The van der Waals surface area contributed by atoms with Crippen LogP contribution in [0.2, 0.25) is 0 Å². The first-order valence-electron chi connectivity index (χ1n) is 10.0. The molecule has 9 heteroatoms. The van der Waals surface area contributed by atoms with Gasteiger partial charge < -0.3 is 0 Å². The summed E-state index contributed by atoms with van der Waals surface area (Å²) in [6, 6.07) is 7.95. The number of likely N-dealkylation sites (tertiary alicyclic amines) is 1. The van der Waals surface area contributed by atoms with Crippen LogP contribution in [0.3, 0.4) is 0 Å². The minimum absolute atomic E-state index is 0.0727. The van der Waals surface area contributed by atoms with E-state index in [1.54, 1.807) is 10.6 Å². The Hall–Kier alpha value is -2.60. The molecule has 1 atom stereocenters. The van der Waals surface area contributed by atoms with Gasteiger partial charge in [-0.15, -0.1) is 5.10 Å². The number of rotatable bonds is 4. The van der Waals surface area contributed by atoms with E-state index in [2.05, 4.69) is 26.4 Å². The molecule has 3 fully saturated rings. The topological polar surface area (TPSA) is 86.3 Å². The molecule has 7 nitrogen and oxygen atoms in total. The van der Waals surface area contributed by atoms with Crippen molar-refractivity contribution in [3.05, 3.63) is 23.9 Å². The standard InChI is InChI=1S/C20H22F2N6O/c21-20(22)10-14(20)17(29)25-18-24-16-3-1-2-15(28(16)26-18)13-4-6-19(7-5-13)11-27(12-19)9-8-23/h1-3,13-14H,4-7,9-12H2,(H,25,26,29)/t14-/m1/s1. The zero-order valence-electron chi connectivity index (χ0n) is 15.9. The van der Waals surface area contributed by atoms with Crippen LogP contribution in [-0.4, -0.2) is 51.0 Å². The molecule has 1 saturated heterocycles. The van der Waals surface area contributed by atoms with Gasteiger partial charge in [-0.1, -0.05) is 6.07 Å². The van der Waals surface area contributed by atoms with Gasteiger partial charge in [-0.2, -0.15) is 10.2 Å². The number of nitriles is 1. The van der Waals surface area contributed by atoms with Crippen LogP contribution < -0.4 is 5.32 Å².